The second-order valence-corrected chi connectivity index (χ2v) is 4.95. The van der Waals surface area contributed by atoms with Crippen molar-refractivity contribution in [3.05, 3.63) is 49.2 Å². The topological polar surface area (TPSA) is 34.9 Å². The summed E-state index contributed by atoms with van der Waals surface area (Å²) in [5.74, 6) is 0. The second-order valence-electron chi connectivity index (χ2n) is 3.18. The molecule has 0 aliphatic carbocycles. The van der Waals surface area contributed by atoms with Crippen LogP contribution in [-0.2, 0) is 13.0 Å². The number of rotatable bonds is 3. The van der Waals surface area contributed by atoms with Crippen LogP contribution >= 0.6 is 34.5 Å². The van der Waals surface area contributed by atoms with E-state index in [1.807, 2.05) is 17.5 Å². The highest BCUT2D eigenvalue weighted by molar-refractivity contribution is 7.09. The maximum atomic E-state index is 11.7. The van der Waals surface area contributed by atoms with Crippen molar-refractivity contribution in [2.75, 3.05) is 0 Å². The number of hydrogen-bond donors (Lipinski definition) is 0. The summed E-state index contributed by atoms with van der Waals surface area (Å²) < 4.78 is 1.47. The van der Waals surface area contributed by atoms with Crippen LogP contribution in [0.5, 0.6) is 0 Å². The number of hydrogen-bond acceptors (Lipinski definition) is 3. The summed E-state index contributed by atoms with van der Waals surface area (Å²) in [5.41, 5.74) is -0.293. The minimum absolute atomic E-state index is 0.0182. The number of nitrogens with zero attached hydrogens (tertiary/aromatic N) is 2. The van der Waals surface area contributed by atoms with Crippen LogP contribution in [-0.4, -0.2) is 9.55 Å². The van der Waals surface area contributed by atoms with E-state index in [0.29, 0.717) is 6.54 Å². The second kappa shape index (κ2) is 4.99. The van der Waals surface area contributed by atoms with E-state index in [9.17, 15) is 4.79 Å². The van der Waals surface area contributed by atoms with Crippen molar-refractivity contribution in [3.63, 3.8) is 0 Å². The van der Waals surface area contributed by atoms with Crippen molar-refractivity contribution in [1.29, 1.82) is 0 Å². The fourth-order valence-corrected chi connectivity index (χ4v) is 2.27. The van der Waals surface area contributed by atoms with Gasteiger partial charge in [0.25, 0.3) is 5.56 Å². The van der Waals surface area contributed by atoms with Crippen molar-refractivity contribution < 1.29 is 0 Å². The first-order valence-corrected chi connectivity index (χ1v) is 6.25. The molecule has 0 N–H and O–H groups in total. The van der Waals surface area contributed by atoms with Crippen LogP contribution in [0.1, 0.15) is 4.88 Å². The predicted molar refractivity (Wildman–Crippen MR) is 66.5 cm³/mol. The third kappa shape index (κ3) is 2.45. The number of aryl methyl sites for hydroxylation is 2. The third-order valence-corrected chi connectivity index (χ3v) is 3.78. The van der Waals surface area contributed by atoms with E-state index in [4.69, 9.17) is 23.2 Å². The van der Waals surface area contributed by atoms with Crippen molar-refractivity contribution >= 4 is 34.5 Å². The molecule has 0 unspecified atom stereocenters. The lowest BCUT2D eigenvalue weighted by Gasteiger charge is -2.04. The average Bonchev–Trinajstić information content (AvgIpc) is 2.78. The lowest BCUT2D eigenvalue weighted by atomic mass is 10.3. The van der Waals surface area contributed by atoms with Crippen LogP contribution in [0.2, 0.25) is 10.2 Å². The summed E-state index contributed by atoms with van der Waals surface area (Å²) in [6.45, 7) is 0.559. The molecule has 0 saturated heterocycles. The third-order valence-electron chi connectivity index (χ3n) is 2.12. The Balaban J connectivity index is 2.17. The molecule has 0 atom stereocenters. The SMILES string of the molecule is O=c1c(Cl)c(Cl)ncn1CCc1cccs1. The van der Waals surface area contributed by atoms with E-state index in [1.165, 1.54) is 15.8 Å². The predicted octanol–water partition coefficient (Wildman–Crippen LogP) is 2.85. The Hall–Kier alpha value is -0.840. The smallest absolute Gasteiger partial charge is 0.273 e. The zero-order chi connectivity index (χ0) is 11.5. The van der Waals surface area contributed by atoms with Gasteiger partial charge >= 0.3 is 0 Å². The molecule has 0 aliphatic rings. The maximum Gasteiger partial charge on any atom is 0.273 e. The average molecular weight is 275 g/mol. The normalized spacial score (nSPS) is 10.6. The van der Waals surface area contributed by atoms with Gasteiger partial charge in [0.15, 0.2) is 5.15 Å². The van der Waals surface area contributed by atoms with Gasteiger partial charge in [0.05, 0.1) is 6.33 Å². The monoisotopic (exact) mass is 274 g/mol. The van der Waals surface area contributed by atoms with Crippen LogP contribution < -0.4 is 5.56 Å². The van der Waals surface area contributed by atoms with E-state index < -0.39 is 0 Å². The molecule has 2 rings (SSSR count). The molecular weight excluding hydrogens is 267 g/mol. The Bertz CT molecular complexity index is 536. The highest BCUT2D eigenvalue weighted by Gasteiger charge is 2.07. The van der Waals surface area contributed by atoms with Crippen LogP contribution in [0.4, 0.5) is 0 Å². The van der Waals surface area contributed by atoms with E-state index in [0.717, 1.165) is 6.42 Å². The first kappa shape index (κ1) is 11.6. The van der Waals surface area contributed by atoms with Gasteiger partial charge in [-0.15, -0.1) is 11.3 Å². The molecule has 0 aliphatic heterocycles. The standard InChI is InChI=1S/C10H8Cl2N2OS/c11-8-9(12)13-6-14(10(8)15)4-3-7-2-1-5-16-7/h1-2,5-6H,3-4H2. The molecule has 84 valence electrons. The van der Waals surface area contributed by atoms with E-state index >= 15 is 0 Å². The minimum atomic E-state index is -0.293. The summed E-state index contributed by atoms with van der Waals surface area (Å²) >= 11 is 13.0. The molecule has 0 bridgehead atoms. The van der Waals surface area contributed by atoms with Crippen molar-refractivity contribution in [2.24, 2.45) is 0 Å². The number of halogens is 2. The Morgan fingerprint density at radius 2 is 2.25 bits per heavy atom. The molecule has 2 heterocycles. The van der Waals surface area contributed by atoms with Gasteiger partial charge in [-0.25, -0.2) is 4.98 Å². The van der Waals surface area contributed by atoms with Crippen LogP contribution in [0.3, 0.4) is 0 Å². The lowest BCUT2D eigenvalue weighted by Crippen LogP contribution is -2.21. The maximum absolute atomic E-state index is 11.7. The fourth-order valence-electron chi connectivity index (χ4n) is 1.29. The fraction of sp³-hybridized carbons (Fsp3) is 0.200. The van der Waals surface area contributed by atoms with Gasteiger partial charge in [0, 0.05) is 11.4 Å². The Labute approximate surface area is 106 Å². The van der Waals surface area contributed by atoms with Crippen LogP contribution in [0.25, 0.3) is 0 Å². The molecule has 0 saturated carbocycles. The van der Waals surface area contributed by atoms with E-state index in [2.05, 4.69) is 4.98 Å². The Kier molecular flexibility index (Phi) is 3.63. The zero-order valence-electron chi connectivity index (χ0n) is 8.19. The summed E-state index contributed by atoms with van der Waals surface area (Å²) in [5, 5.41) is 2.04. The number of aromatic nitrogens is 2. The van der Waals surface area contributed by atoms with Gasteiger partial charge in [0.1, 0.15) is 5.02 Å². The molecule has 0 amide bonds. The highest BCUT2D eigenvalue weighted by Crippen LogP contribution is 2.13. The molecule has 0 radical (unpaired) electrons. The molecule has 6 heteroatoms. The first-order chi connectivity index (χ1) is 7.68. The van der Waals surface area contributed by atoms with Crippen LogP contribution in [0.15, 0.2) is 28.6 Å². The first-order valence-electron chi connectivity index (χ1n) is 4.61. The molecule has 0 fully saturated rings. The van der Waals surface area contributed by atoms with Gasteiger partial charge < -0.3 is 0 Å². The van der Waals surface area contributed by atoms with Crippen molar-refractivity contribution in [1.82, 2.24) is 9.55 Å². The van der Waals surface area contributed by atoms with Gasteiger partial charge in [-0.2, -0.15) is 0 Å². The molecule has 0 aromatic carbocycles. The van der Waals surface area contributed by atoms with Gasteiger partial charge in [-0.1, -0.05) is 29.3 Å². The molecule has 0 spiro atoms. The summed E-state index contributed by atoms with van der Waals surface area (Å²) in [6, 6.07) is 4.01. The summed E-state index contributed by atoms with van der Waals surface area (Å²) in [7, 11) is 0. The van der Waals surface area contributed by atoms with Gasteiger partial charge in [-0.3, -0.25) is 9.36 Å². The molecular formula is C10H8Cl2N2OS. The molecule has 2 aromatic heterocycles. The summed E-state index contributed by atoms with van der Waals surface area (Å²) in [6.07, 6.45) is 2.21. The molecule has 2 aromatic rings. The van der Waals surface area contributed by atoms with Crippen LogP contribution in [0, 0.1) is 0 Å². The molecule has 16 heavy (non-hydrogen) atoms. The summed E-state index contributed by atoms with van der Waals surface area (Å²) in [4.78, 5) is 16.7. The minimum Gasteiger partial charge on any atom is -0.298 e. The Morgan fingerprint density at radius 3 is 2.94 bits per heavy atom. The van der Waals surface area contributed by atoms with E-state index in [1.54, 1.807) is 11.3 Å². The van der Waals surface area contributed by atoms with Crippen molar-refractivity contribution in [2.45, 2.75) is 13.0 Å². The largest absolute Gasteiger partial charge is 0.298 e. The molecule has 3 nitrogen and oxygen atoms in total. The highest BCUT2D eigenvalue weighted by atomic mass is 35.5. The Morgan fingerprint density at radius 1 is 1.44 bits per heavy atom. The van der Waals surface area contributed by atoms with Gasteiger partial charge in [0.2, 0.25) is 0 Å². The zero-order valence-corrected chi connectivity index (χ0v) is 10.5. The lowest BCUT2D eigenvalue weighted by molar-refractivity contribution is 0.659. The van der Waals surface area contributed by atoms with Gasteiger partial charge in [-0.05, 0) is 17.9 Å². The number of thiophene rings is 1. The quantitative estimate of drug-likeness (QED) is 0.807. The van der Waals surface area contributed by atoms with E-state index in [-0.39, 0.29) is 15.7 Å². The van der Waals surface area contributed by atoms with Crippen molar-refractivity contribution in [3.8, 4) is 0 Å².